The van der Waals surface area contributed by atoms with Gasteiger partial charge in [0, 0.05) is 16.8 Å². The van der Waals surface area contributed by atoms with Gasteiger partial charge in [0.25, 0.3) is 0 Å². The van der Waals surface area contributed by atoms with Crippen LogP contribution in [0.2, 0.25) is 0 Å². The molecule has 1 heterocycles. The van der Waals surface area contributed by atoms with Crippen LogP contribution in [0.1, 0.15) is 23.2 Å². The van der Waals surface area contributed by atoms with Crippen LogP contribution in [-0.4, -0.2) is 9.97 Å². The molecule has 1 aliphatic carbocycles. The maximum Gasteiger partial charge on any atom is 0.162 e. The summed E-state index contributed by atoms with van der Waals surface area (Å²) < 4.78 is 13.3. The Balaban J connectivity index is 2.18. The fraction of sp³-hybridized carbons (Fsp3) is 0.286. The molecule has 0 saturated carbocycles. The van der Waals surface area contributed by atoms with Gasteiger partial charge in [-0.25, -0.2) is 14.4 Å². The maximum atomic E-state index is 13.3. The van der Waals surface area contributed by atoms with Crippen molar-refractivity contribution < 1.29 is 4.39 Å². The SMILES string of the molecule is Cc1ccc(F)cc1-c1nc(N)c2c(n1)CCC2. The van der Waals surface area contributed by atoms with E-state index in [1.807, 2.05) is 6.92 Å². The van der Waals surface area contributed by atoms with E-state index < -0.39 is 0 Å². The summed E-state index contributed by atoms with van der Waals surface area (Å²) in [5, 5.41) is 0. The number of benzene rings is 1. The Morgan fingerprint density at radius 3 is 2.89 bits per heavy atom. The van der Waals surface area contributed by atoms with Crippen molar-refractivity contribution in [2.24, 2.45) is 0 Å². The predicted octanol–water partition coefficient (Wildman–Crippen LogP) is 2.66. The molecule has 1 aromatic carbocycles. The minimum Gasteiger partial charge on any atom is -0.383 e. The zero-order valence-corrected chi connectivity index (χ0v) is 10.2. The lowest BCUT2D eigenvalue weighted by molar-refractivity contribution is 0.627. The van der Waals surface area contributed by atoms with Crippen LogP contribution in [-0.2, 0) is 12.8 Å². The van der Waals surface area contributed by atoms with Crippen molar-refractivity contribution in [3.8, 4) is 11.4 Å². The van der Waals surface area contributed by atoms with Crippen molar-refractivity contribution in [3.05, 3.63) is 40.8 Å². The largest absolute Gasteiger partial charge is 0.383 e. The Morgan fingerprint density at radius 2 is 2.06 bits per heavy atom. The third kappa shape index (κ3) is 1.74. The van der Waals surface area contributed by atoms with Gasteiger partial charge in [-0.3, -0.25) is 0 Å². The molecule has 1 aromatic heterocycles. The number of fused-ring (bicyclic) bond motifs is 1. The van der Waals surface area contributed by atoms with E-state index in [1.165, 1.54) is 12.1 Å². The highest BCUT2D eigenvalue weighted by molar-refractivity contribution is 5.63. The van der Waals surface area contributed by atoms with Gasteiger partial charge in [0.15, 0.2) is 5.82 Å². The van der Waals surface area contributed by atoms with Gasteiger partial charge in [-0.05, 0) is 43.9 Å². The monoisotopic (exact) mass is 243 g/mol. The molecule has 18 heavy (non-hydrogen) atoms. The zero-order valence-electron chi connectivity index (χ0n) is 10.2. The molecule has 3 rings (SSSR count). The number of aromatic nitrogens is 2. The molecule has 0 atom stereocenters. The summed E-state index contributed by atoms with van der Waals surface area (Å²) >= 11 is 0. The Hall–Kier alpha value is -1.97. The van der Waals surface area contributed by atoms with Gasteiger partial charge in [0.05, 0.1) is 0 Å². The third-order valence-electron chi connectivity index (χ3n) is 3.41. The van der Waals surface area contributed by atoms with E-state index in [1.54, 1.807) is 6.07 Å². The van der Waals surface area contributed by atoms with E-state index in [-0.39, 0.29) is 5.82 Å². The van der Waals surface area contributed by atoms with E-state index in [2.05, 4.69) is 9.97 Å². The average molecular weight is 243 g/mol. The topological polar surface area (TPSA) is 51.8 Å². The minimum absolute atomic E-state index is 0.279. The van der Waals surface area contributed by atoms with Gasteiger partial charge < -0.3 is 5.73 Å². The predicted molar refractivity (Wildman–Crippen MR) is 68.6 cm³/mol. The van der Waals surface area contributed by atoms with Crippen LogP contribution in [0, 0.1) is 12.7 Å². The van der Waals surface area contributed by atoms with Crippen LogP contribution < -0.4 is 5.73 Å². The lowest BCUT2D eigenvalue weighted by atomic mass is 10.1. The summed E-state index contributed by atoms with van der Waals surface area (Å²) in [4.78, 5) is 8.85. The molecule has 3 nitrogen and oxygen atoms in total. The maximum absolute atomic E-state index is 13.3. The number of nitrogen functional groups attached to an aromatic ring is 1. The molecular formula is C14H14FN3. The van der Waals surface area contributed by atoms with Crippen molar-refractivity contribution in [2.75, 3.05) is 5.73 Å². The summed E-state index contributed by atoms with van der Waals surface area (Å²) in [6, 6.07) is 4.64. The molecule has 92 valence electrons. The Labute approximate surface area is 105 Å². The van der Waals surface area contributed by atoms with Crippen molar-refractivity contribution in [1.82, 2.24) is 9.97 Å². The number of hydrogen-bond donors (Lipinski definition) is 1. The first kappa shape index (κ1) is 11.1. The first-order valence-electron chi connectivity index (χ1n) is 6.07. The van der Waals surface area contributed by atoms with Gasteiger partial charge in [-0.15, -0.1) is 0 Å². The number of halogens is 1. The molecule has 0 spiro atoms. The highest BCUT2D eigenvalue weighted by Crippen LogP contribution is 2.28. The summed E-state index contributed by atoms with van der Waals surface area (Å²) in [5.41, 5.74) is 9.70. The smallest absolute Gasteiger partial charge is 0.162 e. The summed E-state index contributed by atoms with van der Waals surface area (Å²) in [6.45, 7) is 1.92. The van der Waals surface area contributed by atoms with Crippen LogP contribution in [0.4, 0.5) is 10.2 Å². The van der Waals surface area contributed by atoms with Crippen molar-refractivity contribution in [2.45, 2.75) is 26.2 Å². The van der Waals surface area contributed by atoms with Crippen LogP contribution in [0.25, 0.3) is 11.4 Å². The number of anilines is 1. The van der Waals surface area contributed by atoms with Crippen molar-refractivity contribution >= 4 is 5.82 Å². The number of nitrogens with zero attached hydrogens (tertiary/aromatic N) is 2. The fourth-order valence-electron chi connectivity index (χ4n) is 2.42. The molecule has 2 N–H and O–H groups in total. The summed E-state index contributed by atoms with van der Waals surface area (Å²) in [7, 11) is 0. The molecule has 2 aromatic rings. The number of hydrogen-bond acceptors (Lipinski definition) is 3. The minimum atomic E-state index is -0.279. The standard InChI is InChI=1S/C14H14FN3/c1-8-5-6-9(15)7-11(8)14-17-12-4-2-3-10(12)13(16)18-14/h5-7H,2-4H2,1H3,(H2,16,17,18). The van der Waals surface area contributed by atoms with Gasteiger partial charge in [0.2, 0.25) is 0 Å². The second kappa shape index (κ2) is 4.05. The Bertz CT molecular complexity index is 623. The highest BCUT2D eigenvalue weighted by atomic mass is 19.1. The highest BCUT2D eigenvalue weighted by Gasteiger charge is 2.19. The van der Waals surface area contributed by atoms with Crippen LogP contribution in [0.15, 0.2) is 18.2 Å². The molecule has 0 bridgehead atoms. The van der Waals surface area contributed by atoms with Gasteiger partial charge in [-0.2, -0.15) is 0 Å². The van der Waals surface area contributed by atoms with Gasteiger partial charge in [0.1, 0.15) is 11.6 Å². The quantitative estimate of drug-likeness (QED) is 0.837. The van der Waals surface area contributed by atoms with E-state index >= 15 is 0 Å². The molecular weight excluding hydrogens is 229 g/mol. The average Bonchev–Trinajstić information content (AvgIpc) is 2.81. The summed E-state index contributed by atoms with van der Waals surface area (Å²) in [5.74, 6) is 0.791. The number of rotatable bonds is 1. The first-order valence-corrected chi connectivity index (χ1v) is 6.07. The third-order valence-corrected chi connectivity index (χ3v) is 3.41. The van der Waals surface area contributed by atoms with Crippen molar-refractivity contribution in [3.63, 3.8) is 0 Å². The molecule has 0 saturated heterocycles. The van der Waals surface area contributed by atoms with E-state index in [0.29, 0.717) is 11.6 Å². The van der Waals surface area contributed by atoms with Crippen LogP contribution in [0.5, 0.6) is 0 Å². The molecule has 0 fully saturated rings. The van der Waals surface area contributed by atoms with Crippen LogP contribution >= 0.6 is 0 Å². The lowest BCUT2D eigenvalue weighted by Gasteiger charge is -2.08. The first-order chi connectivity index (χ1) is 8.65. The van der Waals surface area contributed by atoms with Gasteiger partial charge >= 0.3 is 0 Å². The van der Waals surface area contributed by atoms with Crippen LogP contribution in [0.3, 0.4) is 0 Å². The normalized spacial score (nSPS) is 13.7. The second-order valence-corrected chi connectivity index (χ2v) is 4.67. The molecule has 0 radical (unpaired) electrons. The molecule has 1 aliphatic rings. The molecule has 0 amide bonds. The Morgan fingerprint density at radius 1 is 1.22 bits per heavy atom. The zero-order chi connectivity index (χ0) is 12.7. The fourth-order valence-corrected chi connectivity index (χ4v) is 2.42. The second-order valence-electron chi connectivity index (χ2n) is 4.67. The van der Waals surface area contributed by atoms with Crippen molar-refractivity contribution in [1.29, 1.82) is 0 Å². The van der Waals surface area contributed by atoms with E-state index in [0.717, 1.165) is 41.6 Å². The number of nitrogens with two attached hydrogens (primary N) is 1. The molecule has 0 unspecified atom stereocenters. The lowest BCUT2D eigenvalue weighted by Crippen LogP contribution is -2.03. The molecule has 4 heteroatoms. The van der Waals surface area contributed by atoms with Gasteiger partial charge in [-0.1, -0.05) is 6.07 Å². The molecule has 0 aliphatic heterocycles. The van der Waals surface area contributed by atoms with E-state index in [9.17, 15) is 4.39 Å². The Kier molecular flexibility index (Phi) is 2.51. The van der Waals surface area contributed by atoms with E-state index in [4.69, 9.17) is 5.73 Å². The number of aryl methyl sites for hydroxylation is 2. The summed E-state index contributed by atoms with van der Waals surface area (Å²) in [6.07, 6.45) is 2.95.